The second-order valence-corrected chi connectivity index (χ2v) is 4.87. The Bertz CT molecular complexity index is 510. The number of nitriles is 1. The molecule has 1 aliphatic heterocycles. The van der Waals surface area contributed by atoms with Crippen LogP contribution in [-0.2, 0) is 4.79 Å². The van der Waals surface area contributed by atoms with Gasteiger partial charge in [-0.05, 0) is 24.1 Å². The molecular weight excluding hydrogens is 296 g/mol. The number of anilines is 1. The third-order valence-electron chi connectivity index (χ3n) is 3.04. The average molecular weight is 309 g/mol. The minimum atomic E-state index is 0.105. The first-order valence-electron chi connectivity index (χ1n) is 5.64. The molecule has 1 atom stereocenters. The van der Waals surface area contributed by atoms with Gasteiger partial charge >= 0.3 is 0 Å². The molecule has 1 aliphatic rings. The molecule has 94 valence electrons. The van der Waals surface area contributed by atoms with Crippen LogP contribution < -0.4 is 9.64 Å². The van der Waals surface area contributed by atoms with Crippen molar-refractivity contribution in [2.75, 3.05) is 23.9 Å². The van der Waals surface area contributed by atoms with Crippen LogP contribution in [0, 0.1) is 17.2 Å². The molecule has 0 spiro atoms. The Balaban J connectivity index is 2.30. The number of rotatable bonds is 3. The van der Waals surface area contributed by atoms with Crippen LogP contribution in [-0.4, -0.2) is 24.9 Å². The molecule has 0 aromatic heterocycles. The number of halogens is 1. The predicted molar refractivity (Wildman–Crippen MR) is 72.0 cm³/mol. The lowest BCUT2D eigenvalue weighted by atomic mass is 10.1. The normalized spacial score (nSPS) is 18.8. The van der Waals surface area contributed by atoms with Crippen molar-refractivity contribution in [2.24, 2.45) is 5.92 Å². The molecular formula is C13H13BrN2O2. The smallest absolute Gasteiger partial charge is 0.227 e. The van der Waals surface area contributed by atoms with Crippen molar-refractivity contribution in [1.82, 2.24) is 0 Å². The summed E-state index contributed by atoms with van der Waals surface area (Å²) in [6, 6.07) is 7.32. The van der Waals surface area contributed by atoms with E-state index in [0.717, 1.165) is 11.0 Å². The van der Waals surface area contributed by atoms with E-state index in [-0.39, 0.29) is 5.91 Å². The number of nitrogens with zero attached hydrogens (tertiary/aromatic N) is 2. The van der Waals surface area contributed by atoms with E-state index >= 15 is 0 Å². The van der Waals surface area contributed by atoms with Crippen molar-refractivity contribution < 1.29 is 9.53 Å². The van der Waals surface area contributed by atoms with Gasteiger partial charge in [-0.25, -0.2) is 0 Å². The second-order valence-electron chi connectivity index (χ2n) is 4.23. The maximum atomic E-state index is 11.9. The number of amides is 1. The Kier molecular flexibility index (Phi) is 3.87. The third kappa shape index (κ3) is 2.34. The van der Waals surface area contributed by atoms with Crippen molar-refractivity contribution >= 4 is 27.5 Å². The number of carbonyl (C=O) groups is 1. The highest BCUT2D eigenvalue weighted by atomic mass is 79.9. The summed E-state index contributed by atoms with van der Waals surface area (Å²) in [5, 5.41) is 9.86. The van der Waals surface area contributed by atoms with Gasteiger partial charge in [-0.3, -0.25) is 4.79 Å². The van der Waals surface area contributed by atoms with E-state index < -0.39 is 0 Å². The fraction of sp³-hybridized carbons (Fsp3) is 0.385. The van der Waals surface area contributed by atoms with E-state index in [0.29, 0.717) is 30.2 Å². The Labute approximate surface area is 114 Å². The Morgan fingerprint density at radius 1 is 1.61 bits per heavy atom. The molecule has 0 saturated carbocycles. The van der Waals surface area contributed by atoms with Gasteiger partial charge in [0.25, 0.3) is 0 Å². The molecule has 2 rings (SSSR count). The first kappa shape index (κ1) is 12.9. The molecule has 0 N–H and O–H groups in total. The number of carbonyl (C=O) groups excluding carboxylic acids is 1. The van der Waals surface area contributed by atoms with Crippen molar-refractivity contribution in [2.45, 2.75) is 6.42 Å². The summed E-state index contributed by atoms with van der Waals surface area (Å²) in [4.78, 5) is 13.6. The van der Waals surface area contributed by atoms with Crippen LogP contribution in [0.4, 0.5) is 5.69 Å². The molecule has 1 heterocycles. The molecule has 0 bridgehead atoms. The number of alkyl halides is 1. The first-order valence-corrected chi connectivity index (χ1v) is 6.76. The van der Waals surface area contributed by atoms with Gasteiger partial charge < -0.3 is 9.64 Å². The van der Waals surface area contributed by atoms with Gasteiger partial charge in [-0.1, -0.05) is 15.9 Å². The van der Waals surface area contributed by atoms with Crippen molar-refractivity contribution in [1.29, 1.82) is 5.26 Å². The van der Waals surface area contributed by atoms with Crippen molar-refractivity contribution in [3.63, 3.8) is 0 Å². The Morgan fingerprint density at radius 3 is 2.94 bits per heavy atom. The van der Waals surface area contributed by atoms with E-state index in [4.69, 9.17) is 10.00 Å². The maximum Gasteiger partial charge on any atom is 0.227 e. The summed E-state index contributed by atoms with van der Waals surface area (Å²) >= 11 is 3.40. The molecule has 1 fully saturated rings. The highest BCUT2D eigenvalue weighted by Crippen LogP contribution is 2.29. The van der Waals surface area contributed by atoms with Crippen LogP contribution in [0.25, 0.3) is 0 Å². The first-order chi connectivity index (χ1) is 8.69. The Morgan fingerprint density at radius 2 is 2.39 bits per heavy atom. The third-order valence-corrected chi connectivity index (χ3v) is 3.95. The number of ether oxygens (including phenoxy) is 1. The zero-order valence-electron chi connectivity index (χ0n) is 10.0. The summed E-state index contributed by atoms with van der Waals surface area (Å²) in [6.07, 6.45) is 0.555. The molecule has 1 aromatic rings. The van der Waals surface area contributed by atoms with E-state index in [1.807, 2.05) is 6.07 Å². The lowest BCUT2D eigenvalue weighted by Crippen LogP contribution is -2.24. The summed E-state index contributed by atoms with van der Waals surface area (Å²) in [5.74, 6) is 0.976. The predicted octanol–water partition coefficient (Wildman–Crippen LogP) is 2.31. The highest BCUT2D eigenvalue weighted by molar-refractivity contribution is 9.09. The van der Waals surface area contributed by atoms with Crippen LogP contribution >= 0.6 is 15.9 Å². The molecule has 5 heteroatoms. The largest absolute Gasteiger partial charge is 0.495 e. The lowest BCUT2D eigenvalue weighted by molar-refractivity contribution is -0.117. The topological polar surface area (TPSA) is 53.3 Å². The summed E-state index contributed by atoms with van der Waals surface area (Å²) in [5.41, 5.74) is 1.21. The summed E-state index contributed by atoms with van der Waals surface area (Å²) in [6.45, 7) is 0.696. The molecule has 0 radical (unpaired) electrons. The van der Waals surface area contributed by atoms with Gasteiger partial charge in [-0.15, -0.1) is 0 Å². The van der Waals surface area contributed by atoms with Gasteiger partial charge in [0.1, 0.15) is 11.8 Å². The quantitative estimate of drug-likeness (QED) is 0.805. The van der Waals surface area contributed by atoms with Crippen LogP contribution in [0.15, 0.2) is 18.2 Å². The number of benzene rings is 1. The van der Waals surface area contributed by atoms with Gasteiger partial charge in [0.2, 0.25) is 5.91 Å². The zero-order valence-corrected chi connectivity index (χ0v) is 11.6. The minimum absolute atomic E-state index is 0.105. The molecule has 1 saturated heterocycles. The lowest BCUT2D eigenvalue weighted by Gasteiger charge is -2.17. The minimum Gasteiger partial charge on any atom is -0.495 e. The fourth-order valence-electron chi connectivity index (χ4n) is 2.09. The van der Waals surface area contributed by atoms with Crippen molar-refractivity contribution in [3.8, 4) is 11.8 Å². The monoisotopic (exact) mass is 308 g/mol. The number of methoxy groups -OCH3 is 1. The molecule has 1 unspecified atom stereocenters. The molecule has 1 aromatic carbocycles. The molecule has 18 heavy (non-hydrogen) atoms. The summed E-state index contributed by atoms with van der Waals surface area (Å²) in [7, 11) is 1.53. The average Bonchev–Trinajstić information content (AvgIpc) is 2.79. The van der Waals surface area contributed by atoms with E-state index in [2.05, 4.69) is 22.0 Å². The van der Waals surface area contributed by atoms with Gasteiger partial charge in [0.05, 0.1) is 12.7 Å². The fourth-order valence-corrected chi connectivity index (χ4v) is 2.52. The van der Waals surface area contributed by atoms with Crippen LogP contribution in [0.1, 0.15) is 12.0 Å². The van der Waals surface area contributed by atoms with E-state index in [9.17, 15) is 4.79 Å². The summed E-state index contributed by atoms with van der Waals surface area (Å²) < 4.78 is 5.09. The SMILES string of the molecule is COc1ccc(N2CC(CBr)CC2=O)cc1C#N. The van der Waals surface area contributed by atoms with Crippen LogP contribution in [0.5, 0.6) is 5.75 Å². The molecule has 4 nitrogen and oxygen atoms in total. The number of hydrogen-bond acceptors (Lipinski definition) is 3. The highest BCUT2D eigenvalue weighted by Gasteiger charge is 2.30. The number of hydrogen-bond donors (Lipinski definition) is 0. The van der Waals surface area contributed by atoms with Gasteiger partial charge in [0, 0.05) is 24.0 Å². The molecule has 0 aliphatic carbocycles. The van der Waals surface area contributed by atoms with Gasteiger partial charge in [-0.2, -0.15) is 5.26 Å². The Hall–Kier alpha value is -1.54. The van der Waals surface area contributed by atoms with Gasteiger partial charge in [0.15, 0.2) is 0 Å². The second kappa shape index (κ2) is 5.40. The van der Waals surface area contributed by atoms with Crippen LogP contribution in [0.2, 0.25) is 0 Å². The standard InChI is InChI=1S/C13H13BrN2O2/c1-18-12-3-2-11(5-10(12)7-15)16-8-9(6-14)4-13(16)17/h2-3,5,9H,4,6,8H2,1H3. The van der Waals surface area contributed by atoms with E-state index in [1.54, 1.807) is 17.0 Å². The molecule has 1 amide bonds. The van der Waals surface area contributed by atoms with E-state index in [1.165, 1.54) is 7.11 Å². The maximum absolute atomic E-state index is 11.9. The zero-order chi connectivity index (χ0) is 13.1. The van der Waals surface area contributed by atoms with Crippen LogP contribution in [0.3, 0.4) is 0 Å². The van der Waals surface area contributed by atoms with Crippen molar-refractivity contribution in [3.05, 3.63) is 23.8 Å².